The highest BCUT2D eigenvalue weighted by Gasteiger charge is 2.38. The van der Waals surface area contributed by atoms with Crippen molar-refractivity contribution in [2.75, 3.05) is 6.54 Å². The largest absolute Gasteiger partial charge is 0.412 e. The van der Waals surface area contributed by atoms with Gasteiger partial charge in [-0.15, -0.1) is 10.2 Å². The standard InChI is InChI=1S/C21H17N9O2/c1-12-3-2-5-30-16(12)7-15(28-30)18-17-14(24-11-25-17)4-6-29(18)21(31)20-27-26-19(32-20)13-8-22-10-23-9-13/h2-3,5,7-11,18H,4,6H2,1H3,(H,24,25). The highest BCUT2D eigenvalue weighted by atomic mass is 16.4. The number of fused-ring (bicyclic) bond motifs is 2. The zero-order valence-electron chi connectivity index (χ0n) is 17.0. The van der Waals surface area contributed by atoms with Gasteiger partial charge in [0.1, 0.15) is 12.4 Å². The molecule has 0 aliphatic carbocycles. The molecule has 0 radical (unpaired) electrons. The van der Waals surface area contributed by atoms with Gasteiger partial charge in [0, 0.05) is 37.3 Å². The molecule has 1 aliphatic heterocycles. The maximum Gasteiger partial charge on any atom is 0.312 e. The van der Waals surface area contributed by atoms with Crippen molar-refractivity contribution in [1.82, 2.24) is 44.6 Å². The Bertz CT molecular complexity index is 1440. The molecule has 0 saturated heterocycles. The molecular weight excluding hydrogens is 410 g/mol. The lowest BCUT2D eigenvalue weighted by Gasteiger charge is -2.32. The number of nitrogens with zero attached hydrogens (tertiary/aromatic N) is 8. The Balaban J connectivity index is 1.41. The molecule has 1 amide bonds. The number of H-pyrrole nitrogens is 1. The molecule has 0 saturated carbocycles. The molecule has 1 aliphatic rings. The van der Waals surface area contributed by atoms with Gasteiger partial charge in [-0.05, 0) is 24.6 Å². The first-order chi connectivity index (χ1) is 15.7. The molecular formula is C21H17N9O2. The van der Waals surface area contributed by atoms with Crippen LogP contribution in [0, 0.1) is 6.92 Å². The normalized spacial score (nSPS) is 15.8. The maximum absolute atomic E-state index is 13.5. The summed E-state index contributed by atoms with van der Waals surface area (Å²) in [5.74, 6) is -0.299. The first-order valence-electron chi connectivity index (χ1n) is 10.1. The van der Waals surface area contributed by atoms with E-state index in [1.165, 1.54) is 6.33 Å². The number of rotatable bonds is 3. The van der Waals surface area contributed by atoms with Gasteiger partial charge in [-0.3, -0.25) is 4.79 Å². The highest BCUT2D eigenvalue weighted by molar-refractivity contribution is 5.90. The van der Waals surface area contributed by atoms with Crippen LogP contribution in [0.15, 0.2) is 53.9 Å². The Hall–Kier alpha value is -4.41. The minimum Gasteiger partial charge on any atom is -0.412 e. The first kappa shape index (κ1) is 18.4. The van der Waals surface area contributed by atoms with Crippen LogP contribution in [-0.4, -0.2) is 57.1 Å². The van der Waals surface area contributed by atoms with E-state index in [0.717, 1.165) is 28.2 Å². The van der Waals surface area contributed by atoms with Crippen molar-refractivity contribution >= 4 is 11.4 Å². The van der Waals surface area contributed by atoms with Crippen molar-refractivity contribution < 1.29 is 9.21 Å². The Labute approximate surface area is 181 Å². The summed E-state index contributed by atoms with van der Waals surface area (Å²) >= 11 is 0. The van der Waals surface area contributed by atoms with Gasteiger partial charge < -0.3 is 14.3 Å². The molecule has 0 bridgehead atoms. The van der Waals surface area contributed by atoms with Crippen LogP contribution in [0.1, 0.15) is 39.4 Å². The van der Waals surface area contributed by atoms with Gasteiger partial charge in [0.15, 0.2) is 0 Å². The van der Waals surface area contributed by atoms with Crippen LogP contribution in [0.25, 0.3) is 17.0 Å². The number of nitrogens with one attached hydrogen (secondary N) is 1. The van der Waals surface area contributed by atoms with E-state index in [9.17, 15) is 4.79 Å². The van der Waals surface area contributed by atoms with Gasteiger partial charge >= 0.3 is 11.8 Å². The number of aromatic amines is 1. The summed E-state index contributed by atoms with van der Waals surface area (Å²) in [6.45, 7) is 2.48. The number of hydrogen-bond acceptors (Lipinski definition) is 8. The van der Waals surface area contributed by atoms with Gasteiger partial charge in [-0.25, -0.2) is 19.5 Å². The molecule has 6 heterocycles. The smallest absolute Gasteiger partial charge is 0.312 e. The third-order valence-electron chi connectivity index (χ3n) is 5.61. The second kappa shape index (κ2) is 7.08. The number of pyridine rings is 1. The van der Waals surface area contributed by atoms with Gasteiger partial charge in [-0.1, -0.05) is 6.07 Å². The van der Waals surface area contributed by atoms with E-state index in [-0.39, 0.29) is 17.7 Å². The van der Waals surface area contributed by atoms with E-state index in [1.807, 2.05) is 35.8 Å². The van der Waals surface area contributed by atoms with Crippen LogP contribution in [-0.2, 0) is 6.42 Å². The quantitative estimate of drug-likeness (QED) is 0.462. The topological polar surface area (TPSA) is 131 Å². The summed E-state index contributed by atoms with van der Waals surface area (Å²) in [5, 5.41) is 12.7. The van der Waals surface area contributed by atoms with Crippen LogP contribution in [0.2, 0.25) is 0 Å². The van der Waals surface area contributed by atoms with E-state index in [0.29, 0.717) is 18.5 Å². The summed E-state index contributed by atoms with van der Waals surface area (Å²) < 4.78 is 7.48. The minimum atomic E-state index is -0.479. The molecule has 11 heteroatoms. The van der Waals surface area contributed by atoms with Crippen molar-refractivity contribution in [1.29, 1.82) is 0 Å². The number of hydrogen-bond donors (Lipinski definition) is 1. The second-order valence-electron chi connectivity index (χ2n) is 7.55. The van der Waals surface area contributed by atoms with Crippen LogP contribution >= 0.6 is 0 Å². The van der Waals surface area contributed by atoms with Gasteiger partial charge in [0.2, 0.25) is 0 Å². The molecule has 32 heavy (non-hydrogen) atoms. The fourth-order valence-corrected chi connectivity index (χ4v) is 4.06. The molecule has 158 valence electrons. The lowest BCUT2D eigenvalue weighted by molar-refractivity contribution is 0.0646. The molecule has 0 aromatic carbocycles. The van der Waals surface area contributed by atoms with Crippen molar-refractivity contribution in [3.05, 3.63) is 78.0 Å². The number of imidazole rings is 1. The molecule has 5 aromatic rings. The zero-order valence-corrected chi connectivity index (χ0v) is 17.0. The van der Waals surface area contributed by atoms with E-state index < -0.39 is 6.04 Å². The fraction of sp³-hybridized carbons (Fsp3) is 0.190. The maximum atomic E-state index is 13.5. The minimum absolute atomic E-state index is 0.104. The molecule has 0 fully saturated rings. The number of aryl methyl sites for hydroxylation is 1. The molecule has 1 unspecified atom stereocenters. The molecule has 0 spiro atoms. The van der Waals surface area contributed by atoms with Crippen molar-refractivity contribution in [2.45, 2.75) is 19.4 Å². The van der Waals surface area contributed by atoms with Crippen LogP contribution < -0.4 is 0 Å². The van der Waals surface area contributed by atoms with Gasteiger partial charge in [-0.2, -0.15) is 5.10 Å². The monoisotopic (exact) mass is 427 g/mol. The average molecular weight is 427 g/mol. The number of amides is 1. The lowest BCUT2D eigenvalue weighted by atomic mass is 9.99. The summed E-state index contributed by atoms with van der Waals surface area (Å²) in [5.41, 5.74) is 5.08. The van der Waals surface area contributed by atoms with Crippen molar-refractivity contribution in [3.63, 3.8) is 0 Å². The third-order valence-corrected chi connectivity index (χ3v) is 5.61. The van der Waals surface area contributed by atoms with Crippen LogP contribution in [0.4, 0.5) is 0 Å². The molecule has 11 nitrogen and oxygen atoms in total. The molecule has 1 N–H and O–H groups in total. The zero-order chi connectivity index (χ0) is 21.7. The van der Waals surface area contributed by atoms with E-state index in [1.54, 1.807) is 23.6 Å². The summed E-state index contributed by atoms with van der Waals surface area (Å²) in [7, 11) is 0. The second-order valence-corrected chi connectivity index (χ2v) is 7.55. The lowest BCUT2D eigenvalue weighted by Crippen LogP contribution is -2.41. The molecule has 6 rings (SSSR count). The van der Waals surface area contributed by atoms with Crippen molar-refractivity contribution in [3.8, 4) is 11.5 Å². The number of carbonyl (C=O) groups is 1. The Morgan fingerprint density at radius 1 is 1.25 bits per heavy atom. The molecule has 1 atom stereocenters. The predicted octanol–water partition coefficient (Wildman–Crippen LogP) is 1.99. The first-order valence-corrected chi connectivity index (χ1v) is 10.1. The summed E-state index contributed by atoms with van der Waals surface area (Å²) in [6, 6.07) is 5.48. The third kappa shape index (κ3) is 2.86. The van der Waals surface area contributed by atoms with Crippen molar-refractivity contribution in [2.24, 2.45) is 0 Å². The van der Waals surface area contributed by atoms with E-state index >= 15 is 0 Å². The Morgan fingerprint density at radius 2 is 2.12 bits per heavy atom. The molecule has 5 aromatic heterocycles. The highest BCUT2D eigenvalue weighted by Crippen LogP contribution is 2.34. The number of carbonyl (C=O) groups excluding carboxylic acids is 1. The average Bonchev–Trinajstić information content (AvgIpc) is 3.58. The SMILES string of the molecule is Cc1cccn2nc(C3c4nc[nH]c4CCN3C(=O)c3nnc(-c4cncnc4)o3)cc12. The Morgan fingerprint density at radius 3 is 2.97 bits per heavy atom. The van der Waals surface area contributed by atoms with Gasteiger partial charge in [0.25, 0.3) is 5.89 Å². The fourth-order valence-electron chi connectivity index (χ4n) is 4.06. The van der Waals surface area contributed by atoms with Crippen LogP contribution in [0.3, 0.4) is 0 Å². The van der Waals surface area contributed by atoms with E-state index in [4.69, 9.17) is 9.52 Å². The number of aromatic nitrogens is 8. The summed E-state index contributed by atoms with van der Waals surface area (Å²) in [6.07, 6.45) is 8.67. The summed E-state index contributed by atoms with van der Waals surface area (Å²) in [4.78, 5) is 30.7. The Kier molecular flexibility index (Phi) is 4.06. The predicted molar refractivity (Wildman–Crippen MR) is 110 cm³/mol. The van der Waals surface area contributed by atoms with Gasteiger partial charge in [0.05, 0.1) is 28.8 Å². The van der Waals surface area contributed by atoms with Crippen LogP contribution in [0.5, 0.6) is 0 Å². The van der Waals surface area contributed by atoms with E-state index in [2.05, 4.69) is 30.1 Å².